The summed E-state index contributed by atoms with van der Waals surface area (Å²) < 4.78 is 46.6. The molecule has 0 saturated heterocycles. The number of hydrogen-bond donors (Lipinski definition) is 4. The first-order valence-corrected chi connectivity index (χ1v) is 12.6. The van der Waals surface area contributed by atoms with E-state index in [1.807, 2.05) is 26.8 Å². The van der Waals surface area contributed by atoms with Gasteiger partial charge in [0, 0.05) is 18.0 Å². The van der Waals surface area contributed by atoms with Crippen molar-refractivity contribution in [3.63, 3.8) is 0 Å². The number of pyridine rings is 1. The second kappa shape index (κ2) is 12.1. The van der Waals surface area contributed by atoms with Gasteiger partial charge in [0.15, 0.2) is 5.82 Å². The Bertz CT molecular complexity index is 1640. The lowest BCUT2D eigenvalue weighted by atomic mass is 9.91. The zero-order valence-electron chi connectivity index (χ0n) is 23.2. The molecule has 1 amide bonds. The van der Waals surface area contributed by atoms with E-state index >= 15 is 0 Å². The third kappa shape index (κ3) is 7.37. The average molecular weight is 592 g/mol. The van der Waals surface area contributed by atoms with Crippen molar-refractivity contribution in [1.29, 1.82) is 0 Å². The number of carboxylic acids is 1. The zero-order valence-corrected chi connectivity index (χ0v) is 23.2. The number of nitrogens with one attached hydrogen (secondary N) is 2. The molecule has 0 radical (unpaired) electrons. The first kappa shape index (κ1) is 31.9. The molecule has 4 rings (SSSR count). The average Bonchev–Trinajstić information content (AvgIpc) is 3.28. The van der Waals surface area contributed by atoms with Gasteiger partial charge in [-0.25, -0.2) is 13.7 Å². The molecule has 0 spiro atoms. The van der Waals surface area contributed by atoms with E-state index in [9.17, 15) is 32.3 Å². The highest BCUT2D eigenvalue weighted by atomic mass is 19.4. The molecule has 14 heteroatoms. The summed E-state index contributed by atoms with van der Waals surface area (Å²) in [6.07, 6.45) is -1.89. The van der Waals surface area contributed by atoms with Crippen molar-refractivity contribution < 1.29 is 37.4 Å². The molecule has 0 aliphatic carbocycles. The number of aromatic nitrogens is 4. The van der Waals surface area contributed by atoms with E-state index < -0.39 is 41.1 Å². The van der Waals surface area contributed by atoms with Crippen molar-refractivity contribution in [2.75, 3.05) is 0 Å². The number of aliphatic hydroxyl groups is 1. The lowest BCUT2D eigenvalue weighted by Crippen LogP contribution is -2.42. The van der Waals surface area contributed by atoms with E-state index in [-0.39, 0.29) is 22.8 Å². The topological polar surface area (TPSA) is 150 Å². The minimum atomic E-state index is -5.08. The SMILES string of the molecule is Cc1ccc(-c2nn3cc(C(=O)N[C@@H](c4ccc(F)cc4)C(C)(C)O)c(C(C)C)c3c(=O)[nH]2)nc1.O=C(O)C(F)(F)F. The highest BCUT2D eigenvalue weighted by Gasteiger charge is 2.38. The highest BCUT2D eigenvalue weighted by molar-refractivity contribution is 5.98. The van der Waals surface area contributed by atoms with Crippen LogP contribution in [0.15, 0.2) is 53.6 Å². The summed E-state index contributed by atoms with van der Waals surface area (Å²) in [5.41, 5.74) is 1.35. The summed E-state index contributed by atoms with van der Waals surface area (Å²) in [5.74, 6) is -3.55. The van der Waals surface area contributed by atoms with Crippen molar-refractivity contribution in [1.82, 2.24) is 24.9 Å². The van der Waals surface area contributed by atoms with E-state index in [4.69, 9.17) is 9.90 Å². The number of alkyl halides is 3. The molecule has 0 fully saturated rings. The minimum absolute atomic E-state index is 0.168. The Morgan fingerprint density at radius 1 is 1.07 bits per heavy atom. The molecule has 0 aliphatic rings. The predicted octanol–water partition coefficient (Wildman–Crippen LogP) is 4.53. The molecule has 0 unspecified atom stereocenters. The normalized spacial score (nSPS) is 12.5. The molecule has 10 nitrogen and oxygen atoms in total. The molecule has 0 bridgehead atoms. The maximum atomic E-state index is 13.5. The van der Waals surface area contributed by atoms with Gasteiger partial charge in [-0.3, -0.25) is 14.6 Å². The third-order valence-electron chi connectivity index (χ3n) is 6.08. The number of hydrogen-bond acceptors (Lipinski definition) is 6. The van der Waals surface area contributed by atoms with Crippen LogP contribution in [0.1, 0.15) is 66.7 Å². The van der Waals surface area contributed by atoms with E-state index in [1.165, 1.54) is 35.0 Å². The first-order chi connectivity index (χ1) is 19.4. The maximum absolute atomic E-state index is 13.5. The summed E-state index contributed by atoms with van der Waals surface area (Å²) >= 11 is 0. The largest absolute Gasteiger partial charge is 0.490 e. The second-order valence-corrected chi connectivity index (χ2v) is 10.3. The van der Waals surface area contributed by atoms with E-state index in [1.54, 1.807) is 26.1 Å². The van der Waals surface area contributed by atoms with Gasteiger partial charge in [0.1, 0.15) is 17.0 Å². The van der Waals surface area contributed by atoms with Gasteiger partial charge in [0.05, 0.1) is 17.2 Å². The van der Waals surface area contributed by atoms with Crippen molar-refractivity contribution >= 4 is 17.4 Å². The standard InChI is InChI=1S/C26H28FN5O3.C2HF3O2/c1-14(2)20-18(24(33)29-22(26(4,5)35)16-7-9-17(27)10-8-16)13-32-21(20)25(34)30-23(31-32)19-11-6-15(3)12-28-19;3-2(4,5)1(6)7/h6-14,22,35H,1-5H3,(H,29,33)(H,30,31,34);(H,6,7)/t22-;/m0./s1. The van der Waals surface area contributed by atoms with Crippen LogP contribution >= 0.6 is 0 Å². The number of carbonyl (C=O) groups is 2. The number of aryl methyl sites for hydroxylation is 1. The van der Waals surface area contributed by atoms with Crippen LogP contribution in [0.25, 0.3) is 17.0 Å². The summed E-state index contributed by atoms with van der Waals surface area (Å²) in [6.45, 7) is 8.81. The van der Waals surface area contributed by atoms with E-state index in [0.717, 1.165) is 5.56 Å². The van der Waals surface area contributed by atoms with Crippen LogP contribution in [0, 0.1) is 12.7 Å². The molecule has 42 heavy (non-hydrogen) atoms. The zero-order chi connectivity index (χ0) is 31.6. The van der Waals surface area contributed by atoms with Crippen molar-refractivity contribution in [2.24, 2.45) is 0 Å². The van der Waals surface area contributed by atoms with Crippen LogP contribution in [0.2, 0.25) is 0 Å². The number of benzene rings is 1. The van der Waals surface area contributed by atoms with Crippen molar-refractivity contribution in [3.05, 3.63) is 87.2 Å². The molecule has 3 aromatic heterocycles. The lowest BCUT2D eigenvalue weighted by Gasteiger charge is -2.30. The van der Waals surface area contributed by atoms with Crippen LogP contribution in [0.3, 0.4) is 0 Å². The predicted molar refractivity (Wildman–Crippen MR) is 144 cm³/mol. The number of aliphatic carboxylic acids is 1. The van der Waals surface area contributed by atoms with Crippen LogP contribution in [0.5, 0.6) is 0 Å². The Morgan fingerprint density at radius 3 is 2.14 bits per heavy atom. The maximum Gasteiger partial charge on any atom is 0.490 e. The van der Waals surface area contributed by atoms with E-state index in [0.29, 0.717) is 16.8 Å². The number of carboxylic acid groups (broad SMARTS) is 1. The summed E-state index contributed by atoms with van der Waals surface area (Å²) in [5, 5.41) is 25.2. The summed E-state index contributed by atoms with van der Waals surface area (Å²) in [4.78, 5) is 42.6. The van der Waals surface area contributed by atoms with Gasteiger partial charge in [0.2, 0.25) is 0 Å². The van der Waals surface area contributed by atoms with Crippen LogP contribution in [-0.4, -0.2) is 53.4 Å². The second-order valence-electron chi connectivity index (χ2n) is 10.3. The van der Waals surface area contributed by atoms with Gasteiger partial charge in [-0.15, -0.1) is 5.10 Å². The van der Waals surface area contributed by atoms with Crippen LogP contribution in [-0.2, 0) is 4.79 Å². The lowest BCUT2D eigenvalue weighted by molar-refractivity contribution is -0.192. The fourth-order valence-corrected chi connectivity index (χ4v) is 4.13. The van der Waals surface area contributed by atoms with Gasteiger partial charge in [0.25, 0.3) is 11.5 Å². The van der Waals surface area contributed by atoms with Crippen LogP contribution < -0.4 is 10.9 Å². The van der Waals surface area contributed by atoms with Gasteiger partial charge in [-0.2, -0.15) is 13.2 Å². The minimum Gasteiger partial charge on any atom is -0.475 e. The summed E-state index contributed by atoms with van der Waals surface area (Å²) in [7, 11) is 0. The number of halogens is 4. The molecule has 4 N–H and O–H groups in total. The van der Waals surface area contributed by atoms with Gasteiger partial charge in [-0.1, -0.05) is 32.0 Å². The number of fused-ring (bicyclic) bond motifs is 1. The number of nitrogens with zero attached hydrogens (tertiary/aromatic N) is 3. The molecule has 0 aliphatic heterocycles. The molecule has 1 aromatic carbocycles. The Labute approximate surface area is 237 Å². The Hall–Kier alpha value is -4.59. The Morgan fingerprint density at radius 2 is 1.67 bits per heavy atom. The van der Waals surface area contributed by atoms with Crippen LogP contribution in [0.4, 0.5) is 17.6 Å². The Kier molecular flexibility index (Phi) is 9.20. The molecular weight excluding hydrogens is 562 g/mol. The third-order valence-corrected chi connectivity index (χ3v) is 6.08. The van der Waals surface area contributed by atoms with Gasteiger partial charge < -0.3 is 20.5 Å². The number of amides is 1. The van der Waals surface area contributed by atoms with Gasteiger partial charge >= 0.3 is 12.1 Å². The fourth-order valence-electron chi connectivity index (χ4n) is 4.13. The fraction of sp³-hybridized carbons (Fsp3) is 0.321. The van der Waals surface area contributed by atoms with Gasteiger partial charge in [-0.05, 0) is 56.0 Å². The number of H-pyrrole nitrogens is 1. The number of carbonyl (C=O) groups excluding carboxylic acids is 1. The van der Waals surface area contributed by atoms with Crippen molar-refractivity contribution in [3.8, 4) is 11.5 Å². The smallest absolute Gasteiger partial charge is 0.475 e. The molecule has 1 atom stereocenters. The van der Waals surface area contributed by atoms with Crippen molar-refractivity contribution in [2.45, 2.75) is 58.4 Å². The monoisotopic (exact) mass is 591 g/mol. The molecular formula is C28H29F4N5O5. The first-order valence-electron chi connectivity index (χ1n) is 12.6. The number of aromatic amines is 1. The molecule has 4 aromatic rings. The highest BCUT2D eigenvalue weighted by Crippen LogP contribution is 2.29. The molecule has 0 saturated carbocycles. The quantitative estimate of drug-likeness (QED) is 0.241. The van der Waals surface area contributed by atoms with E-state index in [2.05, 4.69) is 20.4 Å². The molecule has 224 valence electrons. The molecule has 3 heterocycles. The Balaban J connectivity index is 0.000000616. The summed E-state index contributed by atoms with van der Waals surface area (Å²) in [6, 6.07) is 8.39. The number of rotatable bonds is 6.